The molecule has 0 heterocycles. The van der Waals surface area contributed by atoms with Gasteiger partial charge in [-0.15, -0.1) is 0 Å². The van der Waals surface area contributed by atoms with Crippen LogP contribution < -0.4 is 0 Å². The summed E-state index contributed by atoms with van der Waals surface area (Å²) in [6, 6.07) is 9.58. The van der Waals surface area contributed by atoms with Crippen molar-refractivity contribution in [1.29, 1.82) is 0 Å². The highest BCUT2D eigenvalue weighted by Crippen LogP contribution is 2.13. The Hall–Kier alpha value is -1.77. The van der Waals surface area contributed by atoms with E-state index in [9.17, 15) is 4.79 Å². The quantitative estimate of drug-likeness (QED) is 0.749. The number of ether oxygens (including phenoxy) is 2. The van der Waals surface area contributed by atoms with E-state index in [1.807, 2.05) is 30.3 Å². The Morgan fingerprint density at radius 3 is 2.35 bits per heavy atom. The highest BCUT2D eigenvalue weighted by Gasteiger charge is 2.17. The number of hydrogen-bond donors (Lipinski definition) is 0. The van der Waals surface area contributed by atoms with Crippen LogP contribution in [0.3, 0.4) is 0 Å². The van der Waals surface area contributed by atoms with Crippen LogP contribution in [0.5, 0.6) is 0 Å². The highest BCUT2D eigenvalue weighted by molar-refractivity contribution is 5.67. The van der Waals surface area contributed by atoms with E-state index in [1.54, 1.807) is 20.8 Å². The molecule has 0 amide bonds. The average molecular weight is 234 g/mol. The Morgan fingerprint density at radius 2 is 1.82 bits per heavy atom. The first-order valence-electron chi connectivity index (χ1n) is 5.47. The Kier molecular flexibility index (Phi) is 4.32. The average Bonchev–Trinajstić information content (AvgIpc) is 2.25. The predicted octanol–water partition coefficient (Wildman–Crippen LogP) is 3.65. The van der Waals surface area contributed by atoms with Gasteiger partial charge in [-0.2, -0.15) is 0 Å². The van der Waals surface area contributed by atoms with Gasteiger partial charge in [0, 0.05) is 0 Å². The van der Waals surface area contributed by atoms with Crippen molar-refractivity contribution in [2.24, 2.45) is 0 Å². The first kappa shape index (κ1) is 13.3. The summed E-state index contributed by atoms with van der Waals surface area (Å²) < 4.78 is 10.00. The molecule has 0 unspecified atom stereocenters. The fraction of sp³-hybridized carbons (Fsp3) is 0.357. The second-order valence-corrected chi connectivity index (χ2v) is 4.72. The molecule has 0 bridgehead atoms. The molecule has 0 aliphatic heterocycles. The third-order valence-electron chi connectivity index (χ3n) is 1.94. The van der Waals surface area contributed by atoms with Crippen LogP contribution in [0.2, 0.25) is 0 Å². The highest BCUT2D eigenvalue weighted by atomic mass is 16.7. The summed E-state index contributed by atoms with van der Waals surface area (Å²) in [5.74, 6) is 0. The van der Waals surface area contributed by atoms with Gasteiger partial charge < -0.3 is 9.47 Å². The van der Waals surface area contributed by atoms with Crippen LogP contribution in [0.15, 0.2) is 36.9 Å². The summed E-state index contributed by atoms with van der Waals surface area (Å²) in [6.45, 7) is 9.37. The van der Waals surface area contributed by atoms with Gasteiger partial charge in [0.15, 0.2) is 0 Å². The van der Waals surface area contributed by atoms with Gasteiger partial charge in [0.05, 0.1) is 0 Å². The van der Waals surface area contributed by atoms with Gasteiger partial charge in [0.25, 0.3) is 0 Å². The maximum atomic E-state index is 11.3. The molecule has 3 nitrogen and oxygen atoms in total. The van der Waals surface area contributed by atoms with E-state index in [4.69, 9.17) is 9.47 Å². The van der Waals surface area contributed by atoms with Crippen LogP contribution in [0.25, 0.3) is 5.57 Å². The maximum absolute atomic E-state index is 11.3. The molecular weight excluding hydrogens is 216 g/mol. The van der Waals surface area contributed by atoms with E-state index in [1.165, 1.54) is 0 Å². The maximum Gasteiger partial charge on any atom is 0.509 e. The largest absolute Gasteiger partial charge is 0.509 e. The standard InChI is InChI=1S/C14H18O3/c1-11(12-8-6-5-7-9-12)10-16-13(15)17-14(2,3)4/h5-9H,1,10H2,2-4H3. The van der Waals surface area contributed by atoms with Crippen molar-refractivity contribution >= 4 is 11.7 Å². The van der Waals surface area contributed by atoms with Crippen molar-refractivity contribution in [2.45, 2.75) is 26.4 Å². The third kappa shape index (κ3) is 5.20. The van der Waals surface area contributed by atoms with Crippen molar-refractivity contribution in [2.75, 3.05) is 6.61 Å². The number of carbonyl (C=O) groups excluding carboxylic acids is 1. The monoisotopic (exact) mass is 234 g/mol. The summed E-state index contributed by atoms with van der Waals surface area (Å²) in [6.07, 6.45) is -0.672. The lowest BCUT2D eigenvalue weighted by molar-refractivity contribution is -0.00158. The van der Waals surface area contributed by atoms with E-state index in [-0.39, 0.29) is 6.61 Å². The molecule has 92 valence electrons. The Labute approximate surface area is 102 Å². The topological polar surface area (TPSA) is 35.5 Å². The van der Waals surface area contributed by atoms with E-state index in [0.29, 0.717) is 0 Å². The zero-order valence-electron chi connectivity index (χ0n) is 10.5. The molecular formula is C14H18O3. The van der Waals surface area contributed by atoms with E-state index < -0.39 is 11.8 Å². The van der Waals surface area contributed by atoms with Gasteiger partial charge in [0.2, 0.25) is 0 Å². The molecule has 1 aromatic rings. The zero-order chi connectivity index (χ0) is 12.9. The van der Waals surface area contributed by atoms with Gasteiger partial charge in [-0.1, -0.05) is 36.9 Å². The fourth-order valence-corrected chi connectivity index (χ4v) is 1.18. The Bertz CT molecular complexity index is 388. The molecule has 0 aliphatic rings. The molecule has 0 aliphatic carbocycles. The first-order valence-corrected chi connectivity index (χ1v) is 5.47. The van der Waals surface area contributed by atoms with Crippen LogP contribution in [0, 0.1) is 0 Å². The summed E-state index contributed by atoms with van der Waals surface area (Å²) in [5, 5.41) is 0. The summed E-state index contributed by atoms with van der Waals surface area (Å²) in [5.41, 5.74) is 1.16. The van der Waals surface area contributed by atoms with Crippen molar-refractivity contribution in [1.82, 2.24) is 0 Å². The molecule has 0 saturated carbocycles. The van der Waals surface area contributed by atoms with Crippen molar-refractivity contribution in [3.63, 3.8) is 0 Å². The Balaban J connectivity index is 2.42. The summed E-state index contributed by atoms with van der Waals surface area (Å²) in [4.78, 5) is 11.3. The van der Waals surface area contributed by atoms with Gasteiger partial charge >= 0.3 is 6.16 Å². The molecule has 3 heteroatoms. The van der Waals surface area contributed by atoms with Gasteiger partial charge in [-0.25, -0.2) is 4.79 Å². The van der Waals surface area contributed by atoms with Crippen molar-refractivity contribution in [3.8, 4) is 0 Å². The van der Waals surface area contributed by atoms with Crippen molar-refractivity contribution < 1.29 is 14.3 Å². The molecule has 0 spiro atoms. The lowest BCUT2D eigenvalue weighted by Gasteiger charge is -2.19. The second-order valence-electron chi connectivity index (χ2n) is 4.72. The molecule has 0 saturated heterocycles. The molecule has 0 aromatic heterocycles. The van der Waals surface area contributed by atoms with Crippen LogP contribution >= 0.6 is 0 Å². The first-order chi connectivity index (χ1) is 7.88. The molecule has 1 rings (SSSR count). The molecule has 0 radical (unpaired) electrons. The van der Waals surface area contributed by atoms with Gasteiger partial charge in [-0.3, -0.25) is 0 Å². The minimum Gasteiger partial charge on any atom is -0.429 e. The molecule has 0 atom stereocenters. The number of rotatable bonds is 3. The Morgan fingerprint density at radius 1 is 1.24 bits per heavy atom. The van der Waals surface area contributed by atoms with E-state index in [2.05, 4.69) is 6.58 Å². The van der Waals surface area contributed by atoms with Crippen LogP contribution in [-0.2, 0) is 9.47 Å². The lowest BCUT2D eigenvalue weighted by atomic mass is 10.1. The summed E-state index contributed by atoms with van der Waals surface area (Å²) in [7, 11) is 0. The van der Waals surface area contributed by atoms with Gasteiger partial charge in [0.1, 0.15) is 12.2 Å². The molecule has 17 heavy (non-hydrogen) atoms. The predicted molar refractivity (Wildman–Crippen MR) is 67.7 cm³/mol. The molecule has 1 aromatic carbocycles. The van der Waals surface area contributed by atoms with Gasteiger partial charge in [-0.05, 0) is 31.9 Å². The second kappa shape index (κ2) is 5.53. The summed E-state index contributed by atoms with van der Waals surface area (Å²) >= 11 is 0. The van der Waals surface area contributed by atoms with E-state index in [0.717, 1.165) is 11.1 Å². The number of carbonyl (C=O) groups is 1. The van der Waals surface area contributed by atoms with Crippen LogP contribution in [0.4, 0.5) is 4.79 Å². The molecule has 0 fully saturated rings. The van der Waals surface area contributed by atoms with Crippen LogP contribution in [0.1, 0.15) is 26.3 Å². The molecule has 0 N–H and O–H groups in total. The smallest absolute Gasteiger partial charge is 0.429 e. The van der Waals surface area contributed by atoms with Crippen LogP contribution in [-0.4, -0.2) is 18.4 Å². The zero-order valence-corrected chi connectivity index (χ0v) is 10.5. The normalized spacial score (nSPS) is 10.8. The van der Waals surface area contributed by atoms with Crippen molar-refractivity contribution in [3.05, 3.63) is 42.5 Å². The number of benzene rings is 1. The lowest BCUT2D eigenvalue weighted by Crippen LogP contribution is -2.24. The third-order valence-corrected chi connectivity index (χ3v) is 1.94. The minimum atomic E-state index is -0.672. The number of hydrogen-bond acceptors (Lipinski definition) is 3. The SMILES string of the molecule is C=C(COC(=O)OC(C)(C)C)c1ccccc1. The minimum absolute atomic E-state index is 0.138. The van der Waals surface area contributed by atoms with E-state index >= 15 is 0 Å². The fourth-order valence-electron chi connectivity index (χ4n) is 1.18.